The molecule has 0 aromatic carbocycles. The number of hydrogen-bond donors (Lipinski definition) is 2. The smallest absolute Gasteiger partial charge is 0.315 e. The van der Waals surface area contributed by atoms with Gasteiger partial charge in [0.1, 0.15) is 5.41 Å². The second kappa shape index (κ2) is 3.69. The van der Waals surface area contributed by atoms with Crippen LogP contribution in [0, 0.1) is 5.41 Å². The van der Waals surface area contributed by atoms with Crippen LogP contribution in [0.25, 0.3) is 0 Å². The molecule has 12 heavy (non-hydrogen) atoms. The van der Waals surface area contributed by atoms with Gasteiger partial charge in [0.2, 0.25) is 0 Å². The molecule has 0 saturated carbocycles. The lowest BCUT2D eigenvalue weighted by atomic mass is 9.86. The van der Waals surface area contributed by atoms with Crippen LogP contribution in [0.2, 0.25) is 0 Å². The quantitative estimate of drug-likeness (QED) is 0.446. The zero-order chi connectivity index (χ0) is 9.03. The van der Waals surface area contributed by atoms with Crippen LogP contribution in [-0.2, 0) is 9.53 Å². The maximum Gasteiger partial charge on any atom is 0.315 e. The molecule has 0 amide bonds. The van der Waals surface area contributed by atoms with Crippen molar-refractivity contribution < 1.29 is 14.6 Å². The van der Waals surface area contributed by atoms with Crippen LogP contribution in [0.3, 0.4) is 0 Å². The first-order chi connectivity index (χ1) is 5.71. The van der Waals surface area contributed by atoms with Crippen LogP contribution in [0.1, 0.15) is 0 Å². The maximum absolute atomic E-state index is 10.8. The van der Waals surface area contributed by atoms with Crippen LogP contribution in [-0.4, -0.2) is 37.4 Å². The first kappa shape index (κ1) is 9.22. The van der Waals surface area contributed by atoms with E-state index in [2.05, 4.69) is 11.9 Å². The van der Waals surface area contributed by atoms with Crippen LogP contribution >= 0.6 is 0 Å². The highest BCUT2D eigenvalue weighted by Gasteiger charge is 2.45. The Morgan fingerprint density at radius 3 is 2.75 bits per heavy atom. The molecule has 1 heterocycles. The lowest BCUT2D eigenvalue weighted by molar-refractivity contribution is -0.178. The molecule has 68 valence electrons. The summed E-state index contributed by atoms with van der Waals surface area (Å²) in [6.45, 7) is 5.24. The summed E-state index contributed by atoms with van der Waals surface area (Å²) in [7, 11) is 0. The van der Waals surface area contributed by atoms with Crippen molar-refractivity contribution in [2.75, 3.05) is 26.3 Å². The summed E-state index contributed by atoms with van der Waals surface area (Å²) in [5, 5.41) is 11.8. The summed E-state index contributed by atoms with van der Waals surface area (Å²) < 4.78 is 4.88. The van der Waals surface area contributed by atoms with Gasteiger partial charge in [-0.3, -0.25) is 4.79 Å². The molecular weight excluding hydrogens is 158 g/mol. The standard InChI is InChI=1S/C8H13NO3/c1-2-3-9-4-8(7(10)11)5-12-6-8/h2,9H,1,3-6H2,(H,10,11). The van der Waals surface area contributed by atoms with E-state index in [1.807, 2.05) is 0 Å². The SMILES string of the molecule is C=CCNCC1(C(=O)O)COC1. The summed E-state index contributed by atoms with van der Waals surface area (Å²) in [5.74, 6) is -0.787. The van der Waals surface area contributed by atoms with Gasteiger partial charge < -0.3 is 15.2 Å². The Balaban J connectivity index is 2.34. The highest BCUT2D eigenvalue weighted by Crippen LogP contribution is 2.26. The van der Waals surface area contributed by atoms with Gasteiger partial charge in [0.25, 0.3) is 0 Å². The molecule has 0 bridgehead atoms. The first-order valence-electron chi connectivity index (χ1n) is 3.84. The number of carboxylic acids is 1. The molecule has 0 aliphatic carbocycles. The fourth-order valence-electron chi connectivity index (χ4n) is 1.06. The van der Waals surface area contributed by atoms with E-state index in [4.69, 9.17) is 9.84 Å². The lowest BCUT2D eigenvalue weighted by Crippen LogP contribution is -2.55. The summed E-state index contributed by atoms with van der Waals surface area (Å²) in [5.41, 5.74) is -0.691. The number of rotatable bonds is 5. The van der Waals surface area contributed by atoms with Crippen molar-refractivity contribution >= 4 is 5.97 Å². The van der Waals surface area contributed by atoms with Crippen molar-refractivity contribution in [3.8, 4) is 0 Å². The van der Waals surface area contributed by atoms with Crippen molar-refractivity contribution in [1.29, 1.82) is 0 Å². The average Bonchev–Trinajstić information content (AvgIpc) is 1.94. The van der Waals surface area contributed by atoms with Gasteiger partial charge in [0.15, 0.2) is 0 Å². The van der Waals surface area contributed by atoms with E-state index in [1.54, 1.807) is 6.08 Å². The molecule has 4 heteroatoms. The fraction of sp³-hybridized carbons (Fsp3) is 0.625. The van der Waals surface area contributed by atoms with E-state index in [9.17, 15) is 4.79 Å². The molecule has 0 unspecified atom stereocenters. The van der Waals surface area contributed by atoms with Gasteiger partial charge in [0.05, 0.1) is 13.2 Å². The zero-order valence-corrected chi connectivity index (χ0v) is 6.88. The molecule has 1 rings (SSSR count). The molecule has 0 aromatic heterocycles. The third kappa shape index (κ3) is 1.65. The minimum atomic E-state index is -0.787. The van der Waals surface area contributed by atoms with E-state index in [-0.39, 0.29) is 0 Å². The Bertz CT molecular complexity index is 187. The normalized spacial score (nSPS) is 19.7. The highest BCUT2D eigenvalue weighted by atomic mass is 16.5. The van der Waals surface area contributed by atoms with Gasteiger partial charge in [-0.25, -0.2) is 0 Å². The average molecular weight is 171 g/mol. The van der Waals surface area contributed by atoms with E-state index < -0.39 is 11.4 Å². The van der Waals surface area contributed by atoms with Crippen LogP contribution in [0.4, 0.5) is 0 Å². The predicted molar refractivity (Wildman–Crippen MR) is 44.0 cm³/mol. The van der Waals surface area contributed by atoms with Crippen LogP contribution < -0.4 is 5.32 Å². The first-order valence-corrected chi connectivity index (χ1v) is 3.84. The number of ether oxygens (including phenoxy) is 1. The number of carboxylic acid groups (broad SMARTS) is 1. The molecule has 1 aliphatic rings. The molecule has 0 aromatic rings. The molecular formula is C8H13NO3. The number of aliphatic carboxylic acids is 1. The van der Waals surface area contributed by atoms with Crippen molar-refractivity contribution in [3.05, 3.63) is 12.7 Å². The van der Waals surface area contributed by atoms with Crippen LogP contribution in [0.15, 0.2) is 12.7 Å². The second-order valence-electron chi connectivity index (χ2n) is 3.00. The molecule has 1 saturated heterocycles. The molecule has 0 atom stereocenters. The third-order valence-corrected chi connectivity index (χ3v) is 1.96. The predicted octanol–water partition coefficient (Wildman–Crippen LogP) is -0.137. The van der Waals surface area contributed by atoms with Crippen molar-refractivity contribution in [1.82, 2.24) is 5.32 Å². The van der Waals surface area contributed by atoms with Gasteiger partial charge in [-0.15, -0.1) is 6.58 Å². The van der Waals surface area contributed by atoms with E-state index >= 15 is 0 Å². The third-order valence-electron chi connectivity index (χ3n) is 1.96. The minimum Gasteiger partial charge on any atom is -0.481 e. The molecule has 4 nitrogen and oxygen atoms in total. The minimum absolute atomic E-state index is 0.312. The van der Waals surface area contributed by atoms with Gasteiger partial charge in [-0.05, 0) is 0 Å². The Morgan fingerprint density at radius 2 is 2.42 bits per heavy atom. The van der Waals surface area contributed by atoms with E-state index in [0.717, 1.165) is 0 Å². The van der Waals surface area contributed by atoms with E-state index in [0.29, 0.717) is 26.3 Å². The summed E-state index contributed by atoms with van der Waals surface area (Å²) >= 11 is 0. The van der Waals surface area contributed by atoms with Gasteiger partial charge in [-0.1, -0.05) is 6.08 Å². The van der Waals surface area contributed by atoms with Crippen molar-refractivity contribution in [3.63, 3.8) is 0 Å². The zero-order valence-electron chi connectivity index (χ0n) is 6.88. The number of nitrogens with one attached hydrogen (secondary N) is 1. The summed E-state index contributed by atoms with van der Waals surface area (Å²) in [6, 6.07) is 0. The Morgan fingerprint density at radius 1 is 1.75 bits per heavy atom. The number of hydrogen-bond acceptors (Lipinski definition) is 3. The number of carbonyl (C=O) groups is 1. The second-order valence-corrected chi connectivity index (χ2v) is 3.00. The van der Waals surface area contributed by atoms with Crippen molar-refractivity contribution in [2.45, 2.75) is 0 Å². The molecule has 1 fully saturated rings. The van der Waals surface area contributed by atoms with E-state index in [1.165, 1.54) is 0 Å². The Hall–Kier alpha value is -0.870. The topological polar surface area (TPSA) is 58.6 Å². The fourth-order valence-corrected chi connectivity index (χ4v) is 1.06. The molecule has 0 spiro atoms. The Kier molecular flexibility index (Phi) is 2.83. The van der Waals surface area contributed by atoms with Crippen LogP contribution in [0.5, 0.6) is 0 Å². The van der Waals surface area contributed by atoms with Gasteiger partial charge in [0, 0.05) is 13.1 Å². The lowest BCUT2D eigenvalue weighted by Gasteiger charge is -2.37. The molecule has 1 aliphatic heterocycles. The Labute approximate surface area is 71.2 Å². The van der Waals surface area contributed by atoms with Crippen molar-refractivity contribution in [2.24, 2.45) is 5.41 Å². The monoisotopic (exact) mass is 171 g/mol. The highest BCUT2D eigenvalue weighted by molar-refractivity contribution is 5.76. The maximum atomic E-state index is 10.8. The summed E-state index contributed by atoms with van der Waals surface area (Å²) in [6.07, 6.45) is 1.70. The van der Waals surface area contributed by atoms with Gasteiger partial charge >= 0.3 is 5.97 Å². The molecule has 2 N–H and O–H groups in total. The largest absolute Gasteiger partial charge is 0.481 e. The van der Waals surface area contributed by atoms with Gasteiger partial charge in [-0.2, -0.15) is 0 Å². The molecule has 0 radical (unpaired) electrons. The summed E-state index contributed by atoms with van der Waals surface area (Å²) in [4.78, 5) is 10.8.